The molecule has 0 spiro atoms. The Morgan fingerprint density at radius 1 is 0.500 bits per heavy atom. The van der Waals surface area contributed by atoms with Crippen molar-refractivity contribution in [1.82, 2.24) is 0 Å². The minimum absolute atomic E-state index is 0.00825. The van der Waals surface area contributed by atoms with E-state index < -0.39 is 0 Å². The van der Waals surface area contributed by atoms with E-state index in [0.29, 0.717) is 0 Å². The molecule has 0 saturated heterocycles. The van der Waals surface area contributed by atoms with E-state index >= 15 is 0 Å². The summed E-state index contributed by atoms with van der Waals surface area (Å²) >= 11 is 0. The molecule has 14 rings (SSSR count). The van der Waals surface area contributed by atoms with Crippen molar-refractivity contribution in [3.8, 4) is 22.3 Å². The third-order valence-corrected chi connectivity index (χ3v) is 17.5. The second-order valence-electron chi connectivity index (χ2n) is 24.1. The van der Waals surface area contributed by atoms with Gasteiger partial charge in [-0.15, -0.1) is 0 Å². The van der Waals surface area contributed by atoms with Crippen LogP contribution < -0.4 is 20.6 Å². The molecule has 0 unspecified atom stereocenters. The van der Waals surface area contributed by atoms with Crippen molar-refractivity contribution in [2.45, 2.75) is 104 Å². The lowest BCUT2D eigenvalue weighted by Crippen LogP contribution is -2.61. The van der Waals surface area contributed by atoms with Crippen molar-refractivity contribution in [1.29, 1.82) is 0 Å². The van der Waals surface area contributed by atoms with Gasteiger partial charge in [0.15, 0.2) is 0 Å². The minimum atomic E-state index is -0.170. The van der Waals surface area contributed by atoms with Crippen molar-refractivity contribution in [3.05, 3.63) is 185 Å². The fourth-order valence-electron chi connectivity index (χ4n) is 13.5. The standard InChI is InChI=1S/C66H59BN2O/c1-38-29-42(63(2,3)4)23-26-56(38)68-58-37-60-49(48-34-53-54(36-59(48)70-60)65(7,8)28-27-64(53,5)6)35-55(58)67-61-50(31-41-19-13-14-20-44(41)62(61)68)47-30-39-17-11-12-18-40(39)32-57(47)69(67)43-24-25-46-45-21-15-16-22-51(45)66(9,10)52(46)33-43/h11-26,29-37H,27-28H2,1-10H3. The quantitative estimate of drug-likeness (QED) is 0.161. The van der Waals surface area contributed by atoms with Crippen LogP contribution in [-0.2, 0) is 21.7 Å². The van der Waals surface area contributed by atoms with Gasteiger partial charge in [0, 0.05) is 56.0 Å². The number of anilines is 5. The van der Waals surface area contributed by atoms with E-state index in [1.165, 1.54) is 122 Å². The van der Waals surface area contributed by atoms with Gasteiger partial charge >= 0.3 is 6.85 Å². The van der Waals surface area contributed by atoms with Gasteiger partial charge in [-0.25, -0.2) is 0 Å². The van der Waals surface area contributed by atoms with Crippen LogP contribution in [0.4, 0.5) is 28.4 Å². The van der Waals surface area contributed by atoms with Gasteiger partial charge in [0.1, 0.15) is 11.2 Å². The summed E-state index contributed by atoms with van der Waals surface area (Å²) in [6.45, 7) is 23.6. The highest BCUT2D eigenvalue weighted by Gasteiger charge is 2.48. The van der Waals surface area contributed by atoms with Crippen LogP contribution in [0.25, 0.3) is 65.7 Å². The van der Waals surface area contributed by atoms with Crippen molar-refractivity contribution in [2.75, 3.05) is 9.71 Å². The van der Waals surface area contributed by atoms with Gasteiger partial charge in [0.05, 0.1) is 5.69 Å². The van der Waals surface area contributed by atoms with Gasteiger partial charge < -0.3 is 14.1 Å². The van der Waals surface area contributed by atoms with Crippen LogP contribution in [0.5, 0.6) is 0 Å². The maximum Gasteiger partial charge on any atom is 0.333 e. The van der Waals surface area contributed by atoms with Crippen molar-refractivity contribution in [2.24, 2.45) is 0 Å². The zero-order valence-corrected chi connectivity index (χ0v) is 42.2. The molecule has 0 radical (unpaired) electrons. The second-order valence-corrected chi connectivity index (χ2v) is 24.1. The SMILES string of the molecule is Cc1cc(C(C)(C)C)ccc1N1c2cc3oc4cc5c(cc4c3cc2B2c3c(cc4ccccc4c31)-c1cc3ccccc3cc1N2c1ccc2c(c1)C(C)(C)c1ccccc1-2)C(C)(C)CCC5(C)C. The molecular weight excluding hydrogens is 848 g/mol. The van der Waals surface area contributed by atoms with Crippen LogP contribution in [-0.4, -0.2) is 6.85 Å². The van der Waals surface area contributed by atoms with E-state index in [1.807, 2.05) is 0 Å². The Morgan fingerprint density at radius 3 is 1.90 bits per heavy atom. The summed E-state index contributed by atoms with van der Waals surface area (Å²) in [5.74, 6) is 0. The lowest BCUT2D eigenvalue weighted by Gasteiger charge is -2.46. The van der Waals surface area contributed by atoms with Crippen LogP contribution >= 0.6 is 0 Å². The van der Waals surface area contributed by atoms with Crippen molar-refractivity contribution >= 4 is 89.7 Å². The topological polar surface area (TPSA) is 19.6 Å². The Labute approximate surface area is 412 Å². The van der Waals surface area contributed by atoms with Crippen LogP contribution in [0.2, 0.25) is 0 Å². The Bertz CT molecular complexity index is 3950. The van der Waals surface area contributed by atoms with Crippen LogP contribution in [0, 0.1) is 6.92 Å². The summed E-state index contributed by atoms with van der Waals surface area (Å²) in [7, 11) is 0. The number of benzene rings is 9. The lowest BCUT2D eigenvalue weighted by atomic mass is 9.43. The number of rotatable bonds is 2. The summed E-state index contributed by atoms with van der Waals surface area (Å²) < 4.78 is 7.19. The third-order valence-electron chi connectivity index (χ3n) is 17.5. The maximum absolute atomic E-state index is 7.19. The first kappa shape index (κ1) is 41.9. The molecule has 4 heteroatoms. The molecule has 0 fully saturated rings. The number of aryl methyl sites for hydroxylation is 1. The fraction of sp³-hybridized carbons (Fsp3) is 0.242. The summed E-state index contributed by atoms with van der Waals surface area (Å²) in [6.07, 6.45) is 2.32. The molecular formula is C66H59BN2O. The van der Waals surface area contributed by atoms with Gasteiger partial charge in [-0.2, -0.15) is 0 Å². The Hall–Kier alpha value is -7.04. The first-order valence-corrected chi connectivity index (χ1v) is 25.6. The number of hydrogen-bond donors (Lipinski definition) is 0. The first-order chi connectivity index (χ1) is 33.5. The minimum Gasteiger partial charge on any atom is -0.456 e. The van der Waals surface area contributed by atoms with E-state index in [1.54, 1.807) is 0 Å². The van der Waals surface area contributed by atoms with E-state index in [4.69, 9.17) is 4.42 Å². The van der Waals surface area contributed by atoms with Gasteiger partial charge in [-0.3, -0.25) is 0 Å². The molecule has 3 nitrogen and oxygen atoms in total. The molecule has 4 aliphatic rings. The smallest absolute Gasteiger partial charge is 0.333 e. The van der Waals surface area contributed by atoms with Crippen molar-refractivity contribution < 1.29 is 4.42 Å². The first-order valence-electron chi connectivity index (χ1n) is 25.6. The molecule has 9 aromatic carbocycles. The second kappa shape index (κ2) is 13.8. The van der Waals surface area contributed by atoms with E-state index in [0.717, 1.165) is 29.7 Å². The molecule has 0 N–H and O–H groups in total. The normalized spacial score (nSPS) is 16.9. The predicted molar refractivity (Wildman–Crippen MR) is 299 cm³/mol. The highest BCUT2D eigenvalue weighted by molar-refractivity contribution is 6.94. The molecule has 1 aromatic heterocycles. The highest BCUT2D eigenvalue weighted by atomic mass is 16.3. The largest absolute Gasteiger partial charge is 0.456 e. The number of nitrogens with zero attached hydrogens (tertiary/aromatic N) is 2. The Kier molecular flexibility index (Phi) is 8.29. The molecule has 342 valence electrons. The van der Waals surface area contributed by atoms with Crippen molar-refractivity contribution in [3.63, 3.8) is 0 Å². The van der Waals surface area contributed by atoms with Gasteiger partial charge in [-0.05, 0) is 162 Å². The van der Waals surface area contributed by atoms with Crippen LogP contribution in [0.15, 0.2) is 156 Å². The number of hydrogen-bond acceptors (Lipinski definition) is 3. The molecule has 0 amide bonds. The predicted octanol–water partition coefficient (Wildman–Crippen LogP) is 16.9. The average molecular weight is 907 g/mol. The van der Waals surface area contributed by atoms with E-state index in [9.17, 15) is 0 Å². The fourth-order valence-corrected chi connectivity index (χ4v) is 13.5. The molecule has 10 aromatic rings. The average Bonchev–Trinajstić information content (AvgIpc) is 3.81. The summed E-state index contributed by atoms with van der Waals surface area (Å²) in [5, 5.41) is 7.34. The molecule has 3 heterocycles. The molecule has 70 heavy (non-hydrogen) atoms. The number of fused-ring (bicyclic) bond motifs is 14. The monoisotopic (exact) mass is 906 g/mol. The summed E-state index contributed by atoms with van der Waals surface area (Å²) in [5.41, 5.74) is 23.9. The van der Waals surface area contributed by atoms with E-state index in [2.05, 4.69) is 231 Å². The maximum atomic E-state index is 7.19. The molecule has 2 aliphatic carbocycles. The van der Waals surface area contributed by atoms with Crippen LogP contribution in [0.3, 0.4) is 0 Å². The molecule has 0 atom stereocenters. The Balaban J connectivity index is 1.13. The lowest BCUT2D eigenvalue weighted by molar-refractivity contribution is 0.332. The molecule has 2 aliphatic heterocycles. The zero-order chi connectivity index (χ0) is 48.0. The molecule has 0 saturated carbocycles. The molecule has 0 bridgehead atoms. The van der Waals surface area contributed by atoms with Gasteiger partial charge in [0.25, 0.3) is 0 Å². The number of furan rings is 1. The zero-order valence-electron chi connectivity index (χ0n) is 42.2. The van der Waals surface area contributed by atoms with E-state index in [-0.39, 0.29) is 28.5 Å². The third kappa shape index (κ3) is 5.65. The van der Waals surface area contributed by atoms with Gasteiger partial charge in [-0.1, -0.05) is 159 Å². The van der Waals surface area contributed by atoms with Crippen LogP contribution in [0.1, 0.15) is 109 Å². The van der Waals surface area contributed by atoms with Gasteiger partial charge in [0.2, 0.25) is 0 Å². The summed E-state index contributed by atoms with van der Waals surface area (Å²) in [4.78, 5) is 5.33. The summed E-state index contributed by atoms with van der Waals surface area (Å²) in [6, 6.07) is 58.8. The Morgan fingerprint density at radius 2 is 1.14 bits per heavy atom. The highest BCUT2D eigenvalue weighted by Crippen LogP contribution is 2.55.